The fourth-order valence-corrected chi connectivity index (χ4v) is 10.5. The Morgan fingerprint density at radius 1 is 0.539 bits per heavy atom. The molecule has 4 aromatic rings. The zero-order valence-electron chi connectivity index (χ0n) is 48.3. The molecule has 0 saturated heterocycles. The molecule has 0 aliphatic heterocycles. The van der Waals surface area contributed by atoms with Gasteiger partial charge in [-0.3, -0.25) is 0 Å². The molecule has 13 heteroatoms. The fraction of sp³-hybridized carbons (Fsp3) is 0.524. The first-order chi connectivity index (χ1) is 35.8. The van der Waals surface area contributed by atoms with Crippen molar-refractivity contribution in [1.29, 1.82) is 0 Å². The lowest BCUT2D eigenvalue weighted by Crippen LogP contribution is -2.41. The molecule has 1 atom stereocenters. The van der Waals surface area contributed by atoms with Gasteiger partial charge in [0.2, 0.25) is 0 Å². The van der Waals surface area contributed by atoms with Crippen molar-refractivity contribution in [2.45, 2.75) is 156 Å². The normalized spacial score (nSPS) is 13.7. The van der Waals surface area contributed by atoms with Gasteiger partial charge in [0.25, 0.3) is 0 Å². The van der Waals surface area contributed by atoms with Crippen LogP contribution < -0.4 is 18.9 Å². The highest BCUT2D eigenvalue weighted by Gasteiger charge is 2.38. The highest BCUT2D eigenvalue weighted by Crippen LogP contribution is 2.46. The highest BCUT2D eigenvalue weighted by atomic mass is 28.4. The van der Waals surface area contributed by atoms with Crippen LogP contribution in [0.25, 0.3) is 33.4 Å². The maximum atomic E-state index is 16.9. The van der Waals surface area contributed by atoms with Crippen molar-refractivity contribution in [2.24, 2.45) is 5.92 Å². The number of carbonyl (C=O) groups excluding carboxylic acids is 2. The molecule has 0 spiro atoms. The van der Waals surface area contributed by atoms with Crippen LogP contribution in [0.1, 0.15) is 118 Å². The number of rotatable bonds is 30. The van der Waals surface area contributed by atoms with Crippen LogP contribution >= 0.6 is 0 Å². The number of hydrogen-bond donors (Lipinski definition) is 0. The summed E-state index contributed by atoms with van der Waals surface area (Å²) in [6, 6.07) is 21.3. The summed E-state index contributed by atoms with van der Waals surface area (Å²) in [4.78, 5) is 24.6. The second-order valence-electron chi connectivity index (χ2n) is 23.5. The van der Waals surface area contributed by atoms with Gasteiger partial charge in [0.15, 0.2) is 39.6 Å². The highest BCUT2D eigenvalue weighted by molar-refractivity contribution is 6.74. The Morgan fingerprint density at radius 3 is 1.67 bits per heavy atom. The average molecular weight is 1080 g/mol. The minimum Gasteiger partial charge on any atom is -0.490 e. The van der Waals surface area contributed by atoms with Crippen molar-refractivity contribution in [3.8, 4) is 56.4 Å². The van der Waals surface area contributed by atoms with Crippen molar-refractivity contribution in [3.63, 3.8) is 0 Å². The van der Waals surface area contributed by atoms with Crippen molar-refractivity contribution >= 4 is 28.6 Å². The van der Waals surface area contributed by atoms with E-state index in [0.717, 1.165) is 30.4 Å². The van der Waals surface area contributed by atoms with Crippen LogP contribution in [-0.2, 0) is 40.8 Å². The zero-order chi connectivity index (χ0) is 55.8. The Kier molecular flexibility index (Phi) is 22.6. The molecule has 5 rings (SSSR count). The van der Waals surface area contributed by atoms with E-state index in [1.165, 1.54) is 36.8 Å². The minimum absolute atomic E-state index is 0.00694. The lowest BCUT2D eigenvalue weighted by atomic mass is 9.94. The van der Waals surface area contributed by atoms with E-state index in [0.29, 0.717) is 96.0 Å². The third-order valence-electron chi connectivity index (χ3n) is 15.1. The molecule has 0 amide bonds. The van der Waals surface area contributed by atoms with Gasteiger partial charge < -0.3 is 37.3 Å². The molecule has 0 radical (unpaired) electrons. The van der Waals surface area contributed by atoms with Gasteiger partial charge in [0.1, 0.15) is 32.2 Å². The topological polar surface area (TPSA) is 108 Å². The lowest BCUT2D eigenvalue weighted by Gasteiger charge is -2.36. The fourth-order valence-electron chi connectivity index (χ4n) is 8.37. The number of halogens is 1. The SMILES string of the molecule is C=C(C)C(=O)OCCOc1ccc(-c2cc(-c3ccc(-c4ccc5c(c4)CC(CCCCC)C5)cc3F)cc(OCCOC(=O)C(=C)C)c2OCCCCO[Si](C)(C)C(C)(C)C)cc1OCCCO[Si](C)(C)C(C)(C)C. The molecule has 10 nitrogen and oxygen atoms in total. The minimum atomic E-state index is -1.99. The lowest BCUT2D eigenvalue weighted by molar-refractivity contribution is -0.140. The molecule has 0 saturated carbocycles. The molecule has 1 aliphatic rings. The number of esters is 2. The smallest absolute Gasteiger partial charge is 0.333 e. The van der Waals surface area contributed by atoms with Crippen LogP contribution in [-0.4, -0.2) is 81.4 Å². The van der Waals surface area contributed by atoms with Crippen LogP contribution in [0.5, 0.6) is 23.0 Å². The van der Waals surface area contributed by atoms with E-state index in [1.54, 1.807) is 26.0 Å². The molecule has 1 unspecified atom stereocenters. The number of carbonyl (C=O) groups is 2. The molecular weight excluding hydrogens is 992 g/mol. The predicted molar refractivity (Wildman–Crippen MR) is 311 cm³/mol. The molecule has 1 aliphatic carbocycles. The van der Waals surface area contributed by atoms with Crippen LogP contribution in [0.3, 0.4) is 0 Å². The summed E-state index contributed by atoms with van der Waals surface area (Å²) >= 11 is 0. The first-order valence-electron chi connectivity index (χ1n) is 27.5. The van der Waals surface area contributed by atoms with Gasteiger partial charge >= 0.3 is 11.9 Å². The molecule has 0 aromatic heterocycles. The molecular formula is C63H89FO10Si2. The van der Waals surface area contributed by atoms with E-state index in [9.17, 15) is 9.59 Å². The van der Waals surface area contributed by atoms with Crippen molar-refractivity contribution in [2.75, 3.05) is 52.9 Å². The maximum Gasteiger partial charge on any atom is 0.333 e. The van der Waals surface area contributed by atoms with E-state index in [1.807, 2.05) is 36.4 Å². The molecule has 4 aromatic carbocycles. The zero-order valence-corrected chi connectivity index (χ0v) is 50.3. The average Bonchev–Trinajstić information content (AvgIpc) is 3.77. The van der Waals surface area contributed by atoms with Gasteiger partial charge in [-0.25, -0.2) is 14.0 Å². The van der Waals surface area contributed by atoms with Gasteiger partial charge in [-0.2, -0.15) is 0 Å². The Balaban J connectivity index is 1.56. The van der Waals surface area contributed by atoms with Crippen LogP contribution in [0, 0.1) is 11.7 Å². The van der Waals surface area contributed by atoms with E-state index in [4.69, 9.17) is 37.3 Å². The molecule has 0 heterocycles. The first kappa shape index (κ1) is 61.6. The second-order valence-corrected chi connectivity index (χ2v) is 33.1. The standard InChI is InChI=1S/C63H89FO10Si2/c1-16-17-18-22-46-37-47-23-24-48(39-51(47)38-46)49-25-27-53(55(64)41-49)52-40-54(59(58(43-52)69-34-36-72-61(66)45(4)5)70-29-19-20-31-73-75(12,13)62(6,7)8)50-26-28-56(68-33-35-71-60(65)44(2)3)57(42-50)67-30-21-32-74-76(14,15)63(9,10)11/h23-28,39-43,46H,2,4,16-22,29-38H2,1,3,5-15H3. The number of benzene rings is 4. The number of fused-ring (bicyclic) bond motifs is 1. The Bertz CT molecular complexity index is 2610. The summed E-state index contributed by atoms with van der Waals surface area (Å²) in [5.41, 5.74) is 7.34. The number of ether oxygens (including phenoxy) is 6. The van der Waals surface area contributed by atoms with Crippen molar-refractivity contribution < 1.29 is 51.3 Å². The van der Waals surface area contributed by atoms with Gasteiger partial charge in [0.05, 0.1) is 13.2 Å². The largest absolute Gasteiger partial charge is 0.490 e. The second kappa shape index (κ2) is 27.9. The maximum absolute atomic E-state index is 16.9. The Labute approximate surface area is 457 Å². The Morgan fingerprint density at radius 2 is 1.07 bits per heavy atom. The Hall–Kier alpha value is -5.22. The first-order valence-corrected chi connectivity index (χ1v) is 33.3. The van der Waals surface area contributed by atoms with E-state index in [2.05, 4.69) is 106 Å². The van der Waals surface area contributed by atoms with Gasteiger partial charge in [-0.15, -0.1) is 0 Å². The summed E-state index contributed by atoms with van der Waals surface area (Å²) in [5, 5.41) is 0.147. The molecule has 416 valence electrons. The monoisotopic (exact) mass is 1080 g/mol. The van der Waals surface area contributed by atoms with Crippen LogP contribution in [0.15, 0.2) is 91.0 Å². The van der Waals surface area contributed by atoms with Gasteiger partial charge in [0, 0.05) is 41.9 Å². The van der Waals surface area contributed by atoms with Gasteiger partial charge in [-0.05, 0) is 152 Å². The molecule has 0 N–H and O–H groups in total. The van der Waals surface area contributed by atoms with Crippen LogP contribution in [0.2, 0.25) is 36.3 Å². The van der Waals surface area contributed by atoms with E-state index < -0.39 is 34.4 Å². The third kappa shape index (κ3) is 17.7. The number of hydrogen-bond acceptors (Lipinski definition) is 10. The summed E-state index contributed by atoms with van der Waals surface area (Å²) in [6.45, 7) is 36.9. The van der Waals surface area contributed by atoms with Crippen LogP contribution in [0.4, 0.5) is 4.39 Å². The summed E-state index contributed by atoms with van der Waals surface area (Å²) in [5.74, 6) is 0.901. The predicted octanol–water partition coefficient (Wildman–Crippen LogP) is 16.1. The summed E-state index contributed by atoms with van der Waals surface area (Å²) in [7, 11) is -3.94. The van der Waals surface area contributed by atoms with E-state index >= 15 is 4.39 Å². The quantitative estimate of drug-likeness (QED) is 0.0217. The van der Waals surface area contributed by atoms with Crippen molar-refractivity contribution in [3.05, 3.63) is 108 Å². The number of unbranched alkanes of at least 4 members (excludes halogenated alkanes) is 3. The van der Waals surface area contributed by atoms with E-state index in [-0.39, 0.29) is 42.1 Å². The van der Waals surface area contributed by atoms with Crippen molar-refractivity contribution in [1.82, 2.24) is 0 Å². The van der Waals surface area contributed by atoms with Gasteiger partial charge in [-0.1, -0.05) is 117 Å². The summed E-state index contributed by atoms with van der Waals surface area (Å²) < 4.78 is 66.6. The molecule has 0 bridgehead atoms. The molecule has 0 fully saturated rings. The summed E-state index contributed by atoms with van der Waals surface area (Å²) in [6.07, 6.45) is 9.22. The molecule has 76 heavy (non-hydrogen) atoms. The third-order valence-corrected chi connectivity index (χ3v) is 24.2.